The second kappa shape index (κ2) is 9.31. The van der Waals surface area contributed by atoms with Crippen LogP contribution in [0.3, 0.4) is 0 Å². The first-order chi connectivity index (χ1) is 6.39. The minimum absolute atomic E-state index is 0. The topological polar surface area (TPSA) is 0 Å². The molecule has 0 saturated carbocycles. The van der Waals surface area contributed by atoms with Crippen LogP contribution in [0.1, 0.15) is 18.4 Å². The van der Waals surface area contributed by atoms with E-state index in [9.17, 15) is 0 Å². The van der Waals surface area contributed by atoms with Gasteiger partial charge in [0.2, 0.25) is 0 Å². The smallest absolute Gasteiger partial charge is 0.255 e. The predicted octanol–water partition coefficient (Wildman–Crippen LogP) is 3.49. The summed E-state index contributed by atoms with van der Waals surface area (Å²) in [6, 6.07) is 10.8. The summed E-state index contributed by atoms with van der Waals surface area (Å²) in [5, 5.41) is 0. The standard InChI is InChI=1S/C7H7.C6H7.U/c1-7-5-3-2-4-6-7;1-2-4-6-5-3-1;/h2-3,5-6H,1H3;1-2,6H,3,5H2;/q2*-1;+2. The van der Waals surface area contributed by atoms with Gasteiger partial charge in [-0.15, -0.1) is 0 Å². The zero-order chi connectivity index (χ0) is 9.36. The van der Waals surface area contributed by atoms with Gasteiger partial charge in [0.15, 0.2) is 0 Å². The van der Waals surface area contributed by atoms with Crippen molar-refractivity contribution in [1.29, 1.82) is 0 Å². The van der Waals surface area contributed by atoms with Crippen LogP contribution in [0.2, 0.25) is 0 Å². The molecule has 1 aromatic rings. The first-order valence-corrected chi connectivity index (χ1v) is 4.55. The van der Waals surface area contributed by atoms with Crippen molar-refractivity contribution in [2.24, 2.45) is 0 Å². The minimum atomic E-state index is 0. The van der Waals surface area contributed by atoms with Crippen molar-refractivity contribution in [3.8, 4) is 0 Å². The van der Waals surface area contributed by atoms with E-state index in [1.54, 1.807) is 0 Å². The van der Waals surface area contributed by atoms with Crippen LogP contribution in [0.25, 0.3) is 0 Å². The molecular formula is C13H14U. The maximum Gasteiger partial charge on any atom is 2.00 e. The van der Waals surface area contributed by atoms with Gasteiger partial charge in [-0.3, -0.25) is 6.08 Å². The van der Waals surface area contributed by atoms with Crippen LogP contribution < -0.4 is 0 Å². The zero-order valence-electron chi connectivity index (χ0n) is 8.46. The molecule has 0 heterocycles. The maximum absolute atomic E-state index is 2.98. The molecule has 0 bridgehead atoms. The summed E-state index contributed by atoms with van der Waals surface area (Å²) in [5.41, 5.74) is 1.27. The van der Waals surface area contributed by atoms with Crippen molar-refractivity contribution in [2.75, 3.05) is 0 Å². The van der Waals surface area contributed by atoms with Gasteiger partial charge < -0.3 is 0 Å². The van der Waals surface area contributed by atoms with E-state index in [4.69, 9.17) is 0 Å². The Morgan fingerprint density at radius 3 is 2.36 bits per heavy atom. The number of benzene rings is 1. The fraction of sp³-hybridized carbons (Fsp3) is 0.231. The van der Waals surface area contributed by atoms with Crippen molar-refractivity contribution in [3.63, 3.8) is 0 Å². The monoisotopic (exact) mass is 408 g/mol. The van der Waals surface area contributed by atoms with E-state index in [2.05, 4.69) is 37.3 Å². The molecular weight excluding hydrogens is 394 g/mol. The summed E-state index contributed by atoms with van der Waals surface area (Å²) >= 11 is 0. The Morgan fingerprint density at radius 2 is 2.14 bits per heavy atom. The van der Waals surface area contributed by atoms with Crippen LogP contribution in [0, 0.1) is 50.2 Å². The first kappa shape index (κ1) is 13.8. The summed E-state index contributed by atoms with van der Waals surface area (Å²) in [5.74, 6) is 0. The molecule has 70 valence electrons. The molecule has 0 aromatic heterocycles. The fourth-order valence-corrected chi connectivity index (χ4v) is 0.965. The number of allylic oxidation sites excluding steroid dienone is 4. The molecule has 0 N–H and O–H groups in total. The molecule has 0 unspecified atom stereocenters. The van der Waals surface area contributed by atoms with E-state index in [0.29, 0.717) is 0 Å². The molecule has 0 fully saturated rings. The molecule has 1 aliphatic rings. The van der Waals surface area contributed by atoms with Crippen molar-refractivity contribution in [1.82, 2.24) is 0 Å². The molecule has 0 radical (unpaired) electrons. The molecule has 0 saturated heterocycles. The largest absolute Gasteiger partial charge is 2.00 e. The van der Waals surface area contributed by atoms with E-state index >= 15 is 0 Å². The molecule has 1 aliphatic carbocycles. The van der Waals surface area contributed by atoms with Gasteiger partial charge in [-0.2, -0.15) is 42.0 Å². The normalized spacial score (nSPS) is 12.4. The second-order valence-electron chi connectivity index (χ2n) is 2.93. The Balaban J connectivity index is 0.000000227. The van der Waals surface area contributed by atoms with Crippen molar-refractivity contribution < 1.29 is 31.1 Å². The quantitative estimate of drug-likeness (QED) is 0.577. The summed E-state index contributed by atoms with van der Waals surface area (Å²) in [4.78, 5) is 0. The molecule has 1 heteroatoms. The molecule has 2 rings (SSSR count). The number of hydrogen-bond acceptors (Lipinski definition) is 0. The van der Waals surface area contributed by atoms with E-state index in [0.717, 1.165) is 0 Å². The second-order valence-corrected chi connectivity index (χ2v) is 2.93. The molecule has 0 nitrogen and oxygen atoms in total. The third-order valence-electron chi connectivity index (χ3n) is 1.67. The summed E-state index contributed by atoms with van der Waals surface area (Å²) in [7, 11) is 0. The number of rotatable bonds is 0. The van der Waals surface area contributed by atoms with E-state index in [1.807, 2.05) is 24.3 Å². The Bertz CT molecular complexity index is 261. The van der Waals surface area contributed by atoms with Gasteiger partial charge in [-0.25, -0.2) is 12.2 Å². The number of hydrogen-bond donors (Lipinski definition) is 0. The number of aryl methyl sites for hydroxylation is 1. The van der Waals surface area contributed by atoms with Crippen LogP contribution in [-0.2, 0) is 0 Å². The van der Waals surface area contributed by atoms with E-state index < -0.39 is 0 Å². The van der Waals surface area contributed by atoms with Gasteiger partial charge >= 0.3 is 31.1 Å². The van der Waals surface area contributed by atoms with E-state index in [-0.39, 0.29) is 31.1 Å². The molecule has 0 aliphatic heterocycles. The SMILES string of the molecule is Cc1c[c-]ccc1.[C-]1=CCCC=C1.[U+2]. The molecule has 0 spiro atoms. The third kappa shape index (κ3) is 7.18. The Labute approximate surface area is 110 Å². The third-order valence-corrected chi connectivity index (χ3v) is 1.67. The van der Waals surface area contributed by atoms with Gasteiger partial charge in [-0.1, -0.05) is 19.8 Å². The average Bonchev–Trinajstić information content (AvgIpc) is 2.22. The van der Waals surface area contributed by atoms with Crippen LogP contribution in [0.5, 0.6) is 0 Å². The summed E-state index contributed by atoms with van der Waals surface area (Å²) in [6.07, 6.45) is 11.5. The molecule has 1 aromatic carbocycles. The predicted molar refractivity (Wildman–Crippen MR) is 56.2 cm³/mol. The van der Waals surface area contributed by atoms with Gasteiger partial charge in [0.25, 0.3) is 0 Å². The van der Waals surface area contributed by atoms with Gasteiger partial charge in [-0.05, 0) is 0 Å². The zero-order valence-corrected chi connectivity index (χ0v) is 12.6. The van der Waals surface area contributed by atoms with Crippen LogP contribution in [-0.4, -0.2) is 0 Å². The summed E-state index contributed by atoms with van der Waals surface area (Å²) < 4.78 is 0. The minimum Gasteiger partial charge on any atom is -0.255 e. The average molecular weight is 408 g/mol. The molecule has 0 amide bonds. The van der Waals surface area contributed by atoms with Gasteiger partial charge in [0.05, 0.1) is 0 Å². The van der Waals surface area contributed by atoms with Crippen molar-refractivity contribution in [3.05, 3.63) is 60.2 Å². The van der Waals surface area contributed by atoms with Crippen molar-refractivity contribution in [2.45, 2.75) is 19.8 Å². The Morgan fingerprint density at radius 1 is 1.29 bits per heavy atom. The first-order valence-electron chi connectivity index (χ1n) is 4.55. The fourth-order valence-electron chi connectivity index (χ4n) is 0.965. The van der Waals surface area contributed by atoms with Crippen LogP contribution in [0.15, 0.2) is 42.5 Å². The summed E-state index contributed by atoms with van der Waals surface area (Å²) in [6.45, 7) is 2.05. The Kier molecular flexibility index (Phi) is 9.15. The van der Waals surface area contributed by atoms with E-state index in [1.165, 1.54) is 18.4 Å². The van der Waals surface area contributed by atoms with Gasteiger partial charge in [0.1, 0.15) is 0 Å². The van der Waals surface area contributed by atoms with Crippen LogP contribution in [0.4, 0.5) is 0 Å². The Hall–Kier alpha value is -0.248. The molecule has 14 heavy (non-hydrogen) atoms. The molecule has 0 atom stereocenters. The van der Waals surface area contributed by atoms with Gasteiger partial charge in [0, 0.05) is 0 Å². The van der Waals surface area contributed by atoms with Crippen LogP contribution >= 0.6 is 0 Å². The maximum atomic E-state index is 2.98. The van der Waals surface area contributed by atoms with Crippen molar-refractivity contribution >= 4 is 0 Å².